The molecule has 2 rings (SSSR count). The molecule has 0 aromatic heterocycles. The average Bonchev–Trinajstić information content (AvgIpc) is 2.66. The van der Waals surface area contributed by atoms with Gasteiger partial charge in [0.2, 0.25) is 5.91 Å². The Morgan fingerprint density at radius 3 is 2.33 bits per heavy atom. The van der Waals surface area contributed by atoms with Gasteiger partial charge in [0, 0.05) is 12.1 Å². The molecular weight excluding hydrogens is 376 g/mol. The molecule has 0 aliphatic rings. The van der Waals surface area contributed by atoms with E-state index in [9.17, 15) is 9.59 Å². The SMILES string of the molecule is Cc1ccc(OCC(=O)N(CCc2ccccc2)[C@@H](C)C(=O)NC(C)(C)C)c(C)c1. The summed E-state index contributed by atoms with van der Waals surface area (Å²) in [6.07, 6.45) is 0.670. The highest BCUT2D eigenvalue weighted by Gasteiger charge is 2.28. The van der Waals surface area contributed by atoms with Gasteiger partial charge < -0.3 is 15.0 Å². The lowest BCUT2D eigenvalue weighted by atomic mass is 10.1. The quantitative estimate of drug-likeness (QED) is 0.714. The van der Waals surface area contributed by atoms with Crippen LogP contribution >= 0.6 is 0 Å². The minimum Gasteiger partial charge on any atom is -0.483 e. The highest BCUT2D eigenvalue weighted by molar-refractivity contribution is 5.88. The second kappa shape index (κ2) is 10.3. The third-order valence-electron chi connectivity index (χ3n) is 4.83. The zero-order chi connectivity index (χ0) is 22.3. The minimum atomic E-state index is -0.594. The maximum atomic E-state index is 13.0. The molecule has 30 heavy (non-hydrogen) atoms. The maximum Gasteiger partial charge on any atom is 0.261 e. The zero-order valence-corrected chi connectivity index (χ0v) is 19.0. The lowest BCUT2D eigenvalue weighted by molar-refractivity contribution is -0.142. The van der Waals surface area contributed by atoms with Gasteiger partial charge in [-0.15, -0.1) is 0 Å². The third-order valence-corrected chi connectivity index (χ3v) is 4.83. The number of carbonyl (C=O) groups excluding carboxylic acids is 2. The number of ether oxygens (including phenoxy) is 1. The van der Waals surface area contributed by atoms with Crippen molar-refractivity contribution in [3.8, 4) is 5.75 Å². The van der Waals surface area contributed by atoms with E-state index in [0.717, 1.165) is 16.7 Å². The number of carbonyl (C=O) groups is 2. The first kappa shape index (κ1) is 23.5. The topological polar surface area (TPSA) is 58.6 Å². The molecule has 5 nitrogen and oxygen atoms in total. The number of nitrogens with one attached hydrogen (secondary N) is 1. The van der Waals surface area contributed by atoms with Gasteiger partial charge in [-0.25, -0.2) is 0 Å². The molecule has 0 aliphatic carbocycles. The van der Waals surface area contributed by atoms with Gasteiger partial charge in [0.15, 0.2) is 6.61 Å². The monoisotopic (exact) mass is 410 g/mol. The van der Waals surface area contributed by atoms with Crippen molar-refractivity contribution >= 4 is 11.8 Å². The molecule has 0 heterocycles. The predicted octanol–water partition coefficient (Wildman–Crippen LogP) is 4.06. The zero-order valence-electron chi connectivity index (χ0n) is 19.0. The van der Waals surface area contributed by atoms with Gasteiger partial charge >= 0.3 is 0 Å². The van der Waals surface area contributed by atoms with Crippen LogP contribution in [-0.2, 0) is 16.0 Å². The van der Waals surface area contributed by atoms with Crippen LogP contribution in [0, 0.1) is 13.8 Å². The molecule has 162 valence electrons. The van der Waals surface area contributed by atoms with Crippen LogP contribution < -0.4 is 10.1 Å². The third kappa shape index (κ3) is 7.21. The summed E-state index contributed by atoms with van der Waals surface area (Å²) >= 11 is 0. The van der Waals surface area contributed by atoms with E-state index in [1.165, 1.54) is 0 Å². The first-order valence-electron chi connectivity index (χ1n) is 10.4. The van der Waals surface area contributed by atoms with Crippen LogP contribution in [0.2, 0.25) is 0 Å². The van der Waals surface area contributed by atoms with Gasteiger partial charge in [-0.2, -0.15) is 0 Å². The number of hydrogen-bond acceptors (Lipinski definition) is 3. The molecule has 0 spiro atoms. The number of benzene rings is 2. The Labute approximate surface area is 180 Å². The second-order valence-corrected chi connectivity index (χ2v) is 8.80. The van der Waals surface area contributed by atoms with Gasteiger partial charge in [0.1, 0.15) is 11.8 Å². The lowest BCUT2D eigenvalue weighted by Crippen LogP contribution is -2.53. The summed E-state index contributed by atoms with van der Waals surface area (Å²) in [6, 6.07) is 15.2. The Bertz CT molecular complexity index is 856. The van der Waals surface area contributed by atoms with E-state index >= 15 is 0 Å². The van der Waals surface area contributed by atoms with E-state index in [1.807, 2.05) is 83.1 Å². The molecule has 2 amide bonds. The fourth-order valence-corrected chi connectivity index (χ4v) is 3.23. The van der Waals surface area contributed by atoms with Crippen molar-refractivity contribution in [2.45, 2.75) is 59.5 Å². The Hall–Kier alpha value is -2.82. The predicted molar refractivity (Wildman–Crippen MR) is 121 cm³/mol. The number of aryl methyl sites for hydroxylation is 2. The molecule has 1 atom stereocenters. The molecule has 5 heteroatoms. The summed E-state index contributed by atoms with van der Waals surface area (Å²) in [4.78, 5) is 27.4. The number of hydrogen-bond donors (Lipinski definition) is 1. The standard InChI is InChI=1S/C25H34N2O3/c1-18-12-13-22(19(2)16-18)30-17-23(28)27(15-14-21-10-8-7-9-11-21)20(3)24(29)26-25(4,5)6/h7-13,16,20H,14-15,17H2,1-6H3,(H,26,29)/t20-/m0/s1. The molecular formula is C25H34N2O3. The number of nitrogens with zero attached hydrogens (tertiary/aromatic N) is 1. The van der Waals surface area contributed by atoms with Gasteiger partial charge in [0.05, 0.1) is 0 Å². The molecule has 0 saturated carbocycles. The summed E-state index contributed by atoms with van der Waals surface area (Å²) in [5.74, 6) is 0.307. The minimum absolute atomic E-state index is 0.105. The van der Waals surface area contributed by atoms with E-state index < -0.39 is 6.04 Å². The molecule has 0 saturated heterocycles. The van der Waals surface area contributed by atoms with Crippen LogP contribution in [0.1, 0.15) is 44.4 Å². The second-order valence-electron chi connectivity index (χ2n) is 8.80. The molecule has 0 unspecified atom stereocenters. The largest absolute Gasteiger partial charge is 0.483 e. The van der Waals surface area contributed by atoms with Crippen LogP contribution in [0.3, 0.4) is 0 Å². The van der Waals surface area contributed by atoms with Crippen molar-refractivity contribution in [2.24, 2.45) is 0 Å². The first-order valence-corrected chi connectivity index (χ1v) is 10.4. The van der Waals surface area contributed by atoms with Crippen LogP contribution in [-0.4, -0.2) is 41.4 Å². The molecule has 2 aromatic rings. The highest BCUT2D eigenvalue weighted by atomic mass is 16.5. The highest BCUT2D eigenvalue weighted by Crippen LogP contribution is 2.19. The van der Waals surface area contributed by atoms with Crippen LogP contribution in [0.15, 0.2) is 48.5 Å². The van der Waals surface area contributed by atoms with E-state index in [2.05, 4.69) is 5.32 Å². The smallest absolute Gasteiger partial charge is 0.261 e. The number of amides is 2. The van der Waals surface area contributed by atoms with Crippen molar-refractivity contribution in [3.05, 3.63) is 65.2 Å². The Morgan fingerprint density at radius 2 is 1.73 bits per heavy atom. The fraction of sp³-hybridized carbons (Fsp3) is 0.440. The summed E-state index contributed by atoms with van der Waals surface area (Å²) in [7, 11) is 0. The summed E-state index contributed by atoms with van der Waals surface area (Å²) in [6.45, 7) is 11.9. The molecule has 0 aliphatic heterocycles. The van der Waals surface area contributed by atoms with Crippen molar-refractivity contribution in [1.82, 2.24) is 10.2 Å². The van der Waals surface area contributed by atoms with E-state index in [1.54, 1.807) is 11.8 Å². The van der Waals surface area contributed by atoms with Crippen LogP contribution in [0.25, 0.3) is 0 Å². The number of rotatable bonds is 8. The van der Waals surface area contributed by atoms with Crippen LogP contribution in [0.4, 0.5) is 0 Å². The van der Waals surface area contributed by atoms with E-state index in [-0.39, 0.29) is 24.0 Å². The maximum absolute atomic E-state index is 13.0. The summed E-state index contributed by atoms with van der Waals surface area (Å²) in [5, 5.41) is 2.97. The van der Waals surface area contributed by atoms with E-state index in [4.69, 9.17) is 4.74 Å². The molecule has 0 fully saturated rings. The molecule has 0 radical (unpaired) electrons. The van der Waals surface area contributed by atoms with Gasteiger partial charge in [-0.1, -0.05) is 48.0 Å². The average molecular weight is 411 g/mol. The molecule has 1 N–H and O–H groups in total. The lowest BCUT2D eigenvalue weighted by Gasteiger charge is -2.31. The normalized spacial score (nSPS) is 12.2. The Balaban J connectivity index is 2.11. The summed E-state index contributed by atoms with van der Waals surface area (Å²) < 4.78 is 5.79. The van der Waals surface area contributed by atoms with Crippen molar-refractivity contribution in [2.75, 3.05) is 13.2 Å². The molecule has 0 bridgehead atoms. The van der Waals surface area contributed by atoms with Crippen molar-refractivity contribution in [3.63, 3.8) is 0 Å². The fourth-order valence-electron chi connectivity index (χ4n) is 3.23. The van der Waals surface area contributed by atoms with Crippen molar-refractivity contribution < 1.29 is 14.3 Å². The van der Waals surface area contributed by atoms with Crippen LogP contribution in [0.5, 0.6) is 5.75 Å². The van der Waals surface area contributed by atoms with Gasteiger partial charge in [-0.3, -0.25) is 9.59 Å². The summed E-state index contributed by atoms with van der Waals surface area (Å²) in [5.41, 5.74) is 2.88. The van der Waals surface area contributed by atoms with E-state index in [0.29, 0.717) is 18.7 Å². The van der Waals surface area contributed by atoms with Gasteiger partial charge in [0.25, 0.3) is 5.91 Å². The van der Waals surface area contributed by atoms with Gasteiger partial charge in [-0.05, 0) is 65.2 Å². The first-order chi connectivity index (χ1) is 14.1. The van der Waals surface area contributed by atoms with Crippen molar-refractivity contribution in [1.29, 1.82) is 0 Å². The molecule has 2 aromatic carbocycles. The Morgan fingerprint density at radius 1 is 1.07 bits per heavy atom. The Kier molecular flexibility index (Phi) is 8.04.